The van der Waals surface area contributed by atoms with Gasteiger partial charge in [0, 0.05) is 29.4 Å². The van der Waals surface area contributed by atoms with Gasteiger partial charge in [-0.1, -0.05) is 24.3 Å². The van der Waals surface area contributed by atoms with Crippen molar-refractivity contribution in [3.63, 3.8) is 0 Å². The number of para-hydroxylation sites is 2. The first kappa shape index (κ1) is 23.0. The molecule has 0 bridgehead atoms. The average molecular weight is 505 g/mol. The van der Waals surface area contributed by atoms with E-state index >= 15 is 0 Å². The lowest BCUT2D eigenvalue weighted by Gasteiger charge is -2.15. The summed E-state index contributed by atoms with van der Waals surface area (Å²) in [6.45, 7) is 0. The minimum absolute atomic E-state index is 0.00578. The van der Waals surface area contributed by atoms with Crippen molar-refractivity contribution in [1.29, 1.82) is 0 Å². The molecule has 0 fully saturated rings. The molecule has 0 amide bonds. The number of H-pyrrole nitrogens is 1. The summed E-state index contributed by atoms with van der Waals surface area (Å²) in [4.78, 5) is 9.12. The topological polar surface area (TPSA) is 157 Å². The second-order valence-electron chi connectivity index (χ2n) is 7.50. The number of nitrogens with one attached hydrogen (secondary N) is 3. The summed E-state index contributed by atoms with van der Waals surface area (Å²) >= 11 is 0. The molecule has 3 N–H and O–H groups in total. The van der Waals surface area contributed by atoms with E-state index in [-0.39, 0.29) is 22.4 Å². The van der Waals surface area contributed by atoms with Gasteiger partial charge in [0.05, 0.1) is 30.1 Å². The predicted octanol–water partition coefficient (Wildman–Crippen LogP) is 3.37. The van der Waals surface area contributed by atoms with Crippen LogP contribution in [0.3, 0.4) is 0 Å². The quantitative estimate of drug-likeness (QED) is 0.286. The number of aromatic amines is 1. The maximum absolute atomic E-state index is 13.4. The molecule has 0 aliphatic heterocycles. The van der Waals surface area contributed by atoms with Crippen LogP contribution in [0.5, 0.6) is 11.5 Å². The zero-order valence-corrected chi connectivity index (χ0v) is 19.9. The van der Waals surface area contributed by atoms with Crippen molar-refractivity contribution in [1.82, 2.24) is 30.6 Å². The molecule has 0 unspecified atom stereocenters. The highest BCUT2D eigenvalue weighted by Crippen LogP contribution is 2.31. The van der Waals surface area contributed by atoms with Crippen molar-refractivity contribution < 1.29 is 17.9 Å². The third-order valence-electron chi connectivity index (χ3n) is 5.16. The molecule has 2 aromatic heterocycles. The number of anilines is 3. The number of ether oxygens (including phenoxy) is 2. The van der Waals surface area contributed by atoms with Crippen molar-refractivity contribution in [3.8, 4) is 22.9 Å². The smallest absolute Gasteiger partial charge is 0.263 e. The largest absolute Gasteiger partial charge is 0.497 e. The van der Waals surface area contributed by atoms with Crippen LogP contribution in [-0.4, -0.2) is 53.2 Å². The van der Waals surface area contributed by atoms with E-state index in [1.807, 2.05) is 6.07 Å². The standard InChI is InChI=1S/C23H20N8O4S/c1-34-16-11-15(12-17(13-16)35-2)24-22-23(26-20-9-4-3-8-19(20)25-22)29-36(32,33)18-7-5-6-14(10-18)21-27-30-31-28-21/h3-13H,1-2H3,(H,24,25)(H,26,29)(H,27,28,30,31). The van der Waals surface area contributed by atoms with Gasteiger partial charge >= 0.3 is 0 Å². The van der Waals surface area contributed by atoms with E-state index in [9.17, 15) is 8.42 Å². The van der Waals surface area contributed by atoms with E-state index in [0.29, 0.717) is 33.8 Å². The van der Waals surface area contributed by atoms with Gasteiger partial charge in [0.2, 0.25) is 5.82 Å². The van der Waals surface area contributed by atoms with Crippen molar-refractivity contribution in [3.05, 3.63) is 66.7 Å². The molecule has 5 aromatic rings. The first-order chi connectivity index (χ1) is 17.4. The third kappa shape index (κ3) is 4.72. The van der Waals surface area contributed by atoms with Crippen LogP contribution in [-0.2, 0) is 10.0 Å². The minimum Gasteiger partial charge on any atom is -0.497 e. The lowest BCUT2D eigenvalue weighted by molar-refractivity contribution is 0.395. The van der Waals surface area contributed by atoms with Crippen LogP contribution >= 0.6 is 0 Å². The summed E-state index contributed by atoms with van der Waals surface area (Å²) in [5.74, 6) is 1.58. The summed E-state index contributed by atoms with van der Waals surface area (Å²) in [5.41, 5.74) is 2.15. The van der Waals surface area contributed by atoms with Crippen molar-refractivity contribution in [2.75, 3.05) is 24.3 Å². The zero-order chi connectivity index (χ0) is 25.1. The Morgan fingerprint density at radius 2 is 1.53 bits per heavy atom. The molecule has 36 heavy (non-hydrogen) atoms. The molecule has 0 atom stereocenters. The number of hydrogen-bond donors (Lipinski definition) is 3. The Bertz CT molecular complexity index is 1620. The highest BCUT2D eigenvalue weighted by Gasteiger charge is 2.20. The molecule has 12 nitrogen and oxygen atoms in total. The molecule has 0 aliphatic rings. The van der Waals surface area contributed by atoms with E-state index in [4.69, 9.17) is 9.47 Å². The molecule has 0 radical (unpaired) electrons. The van der Waals surface area contributed by atoms with Gasteiger partial charge in [0.1, 0.15) is 11.5 Å². The maximum atomic E-state index is 13.4. The molecular weight excluding hydrogens is 484 g/mol. The van der Waals surface area contributed by atoms with Gasteiger partial charge in [-0.25, -0.2) is 18.4 Å². The number of tetrazole rings is 1. The Kier molecular flexibility index (Phi) is 6.04. The van der Waals surface area contributed by atoms with Crippen molar-refractivity contribution in [2.45, 2.75) is 4.90 Å². The van der Waals surface area contributed by atoms with E-state index < -0.39 is 10.0 Å². The van der Waals surface area contributed by atoms with Crippen molar-refractivity contribution >= 4 is 38.4 Å². The fraction of sp³-hybridized carbons (Fsp3) is 0.0870. The molecule has 0 spiro atoms. The monoisotopic (exact) mass is 504 g/mol. The third-order valence-corrected chi connectivity index (χ3v) is 6.50. The highest BCUT2D eigenvalue weighted by atomic mass is 32.2. The summed E-state index contributed by atoms with van der Waals surface area (Å²) in [6, 6.07) is 18.5. The second kappa shape index (κ2) is 9.46. The van der Waals surface area contributed by atoms with Gasteiger partial charge in [-0.15, -0.1) is 10.2 Å². The fourth-order valence-corrected chi connectivity index (χ4v) is 4.50. The van der Waals surface area contributed by atoms with Crippen LogP contribution in [0.2, 0.25) is 0 Å². The number of rotatable bonds is 8. The van der Waals surface area contributed by atoms with E-state index in [2.05, 4.69) is 40.6 Å². The first-order valence-corrected chi connectivity index (χ1v) is 12.1. The normalized spacial score (nSPS) is 11.3. The second-order valence-corrected chi connectivity index (χ2v) is 9.19. The van der Waals surface area contributed by atoms with Crippen LogP contribution in [0.25, 0.3) is 22.4 Å². The molecular formula is C23H20N8O4S. The number of fused-ring (bicyclic) bond motifs is 1. The van der Waals surface area contributed by atoms with Crippen LogP contribution in [0.15, 0.2) is 71.6 Å². The van der Waals surface area contributed by atoms with Crippen LogP contribution in [0.4, 0.5) is 17.3 Å². The minimum atomic E-state index is -4.06. The van der Waals surface area contributed by atoms with Gasteiger partial charge in [-0.05, 0) is 29.5 Å². The Morgan fingerprint density at radius 3 is 2.17 bits per heavy atom. The maximum Gasteiger partial charge on any atom is 0.263 e. The number of sulfonamides is 1. The molecule has 2 heterocycles. The van der Waals surface area contributed by atoms with Gasteiger partial charge in [-0.2, -0.15) is 5.21 Å². The fourth-order valence-electron chi connectivity index (χ4n) is 3.45. The summed E-state index contributed by atoms with van der Waals surface area (Å²) in [7, 11) is -0.987. The van der Waals surface area contributed by atoms with Gasteiger partial charge in [-0.3, -0.25) is 4.72 Å². The molecule has 0 aliphatic carbocycles. The molecule has 13 heteroatoms. The lowest BCUT2D eigenvalue weighted by Crippen LogP contribution is -2.16. The number of nitrogens with zero attached hydrogens (tertiary/aromatic N) is 5. The Morgan fingerprint density at radius 1 is 0.833 bits per heavy atom. The number of benzene rings is 3. The number of methoxy groups -OCH3 is 2. The molecule has 0 saturated heterocycles. The van der Waals surface area contributed by atoms with Crippen LogP contribution < -0.4 is 19.5 Å². The zero-order valence-electron chi connectivity index (χ0n) is 19.1. The van der Waals surface area contributed by atoms with Gasteiger partial charge in [0.15, 0.2) is 11.6 Å². The summed E-state index contributed by atoms with van der Waals surface area (Å²) < 4.78 is 39.9. The Labute approximate surface area is 205 Å². The van der Waals surface area contributed by atoms with Gasteiger partial charge < -0.3 is 14.8 Å². The summed E-state index contributed by atoms with van der Waals surface area (Å²) in [5, 5.41) is 16.8. The van der Waals surface area contributed by atoms with E-state index in [0.717, 1.165) is 0 Å². The Hall–Kier alpha value is -4.78. The molecule has 3 aromatic carbocycles. The molecule has 0 saturated carbocycles. The average Bonchev–Trinajstić information content (AvgIpc) is 3.44. The number of aromatic nitrogens is 6. The predicted molar refractivity (Wildman–Crippen MR) is 133 cm³/mol. The number of hydrogen-bond acceptors (Lipinski definition) is 10. The Balaban J connectivity index is 1.55. The van der Waals surface area contributed by atoms with Crippen LogP contribution in [0.1, 0.15) is 0 Å². The van der Waals surface area contributed by atoms with Gasteiger partial charge in [0.25, 0.3) is 10.0 Å². The first-order valence-electron chi connectivity index (χ1n) is 10.6. The lowest BCUT2D eigenvalue weighted by atomic mass is 10.2. The molecule has 5 rings (SSSR count). The van der Waals surface area contributed by atoms with Crippen LogP contribution in [0, 0.1) is 0 Å². The molecule has 182 valence electrons. The summed E-state index contributed by atoms with van der Waals surface area (Å²) in [6.07, 6.45) is 0. The van der Waals surface area contributed by atoms with Crippen molar-refractivity contribution in [2.24, 2.45) is 0 Å². The highest BCUT2D eigenvalue weighted by molar-refractivity contribution is 7.92. The van der Waals surface area contributed by atoms with E-state index in [1.165, 1.54) is 26.4 Å². The SMILES string of the molecule is COc1cc(Nc2nc3ccccc3nc2NS(=O)(=O)c2cccc(-c3nn[nH]n3)c2)cc(OC)c1. The van der Waals surface area contributed by atoms with E-state index in [1.54, 1.807) is 48.5 Å².